The summed E-state index contributed by atoms with van der Waals surface area (Å²) in [4.78, 5) is 13.8. The van der Waals surface area contributed by atoms with E-state index in [1.165, 1.54) is 0 Å². The van der Waals surface area contributed by atoms with E-state index in [1.807, 2.05) is 19.2 Å². The molecule has 1 aliphatic heterocycles. The Morgan fingerprint density at radius 1 is 1.40 bits per heavy atom. The number of halogens is 3. The molecule has 1 aromatic rings. The number of hydrogen-bond acceptors (Lipinski definition) is 2. The molecule has 0 aliphatic carbocycles. The Labute approximate surface area is 136 Å². The van der Waals surface area contributed by atoms with E-state index in [-0.39, 0.29) is 18.3 Å². The quantitative estimate of drug-likeness (QED) is 0.912. The van der Waals surface area contributed by atoms with Crippen LogP contribution in [0.15, 0.2) is 18.2 Å². The Kier molecular flexibility index (Phi) is 7.10. The van der Waals surface area contributed by atoms with Crippen LogP contribution in [0, 0.1) is 0 Å². The summed E-state index contributed by atoms with van der Waals surface area (Å²) >= 11 is 11.8. The van der Waals surface area contributed by atoms with E-state index >= 15 is 0 Å². The van der Waals surface area contributed by atoms with Crippen molar-refractivity contribution in [3.8, 4) is 0 Å². The van der Waals surface area contributed by atoms with Gasteiger partial charge in [0.2, 0.25) is 5.91 Å². The molecule has 0 aromatic heterocycles. The third kappa shape index (κ3) is 4.81. The molecule has 2 rings (SSSR count). The first kappa shape index (κ1) is 17.6. The molecule has 0 radical (unpaired) electrons. The van der Waals surface area contributed by atoms with Crippen molar-refractivity contribution in [1.29, 1.82) is 0 Å². The summed E-state index contributed by atoms with van der Waals surface area (Å²) in [6.45, 7) is 1.58. The van der Waals surface area contributed by atoms with Crippen molar-refractivity contribution in [2.45, 2.75) is 31.8 Å². The minimum Gasteiger partial charge on any atom is -0.341 e. The Morgan fingerprint density at radius 2 is 2.15 bits per heavy atom. The fraction of sp³-hybridized carbons (Fsp3) is 0.500. The van der Waals surface area contributed by atoms with Crippen LogP contribution in [-0.2, 0) is 11.3 Å². The van der Waals surface area contributed by atoms with Crippen molar-refractivity contribution in [2.75, 3.05) is 13.6 Å². The van der Waals surface area contributed by atoms with Gasteiger partial charge in [-0.05, 0) is 37.1 Å². The predicted molar refractivity (Wildman–Crippen MR) is 85.8 cm³/mol. The zero-order valence-electron chi connectivity index (χ0n) is 11.4. The third-order valence-electron chi connectivity index (χ3n) is 3.41. The second-order valence-corrected chi connectivity index (χ2v) is 5.81. The molecule has 0 bridgehead atoms. The first-order valence-electron chi connectivity index (χ1n) is 6.47. The SMILES string of the molecule is CN(Cc1ccc(Cl)c(Cl)c1)C(=O)CC1CCCN1.Cl. The van der Waals surface area contributed by atoms with Crippen LogP contribution >= 0.6 is 35.6 Å². The first-order valence-corrected chi connectivity index (χ1v) is 7.23. The average molecular weight is 338 g/mol. The number of carbonyl (C=O) groups excluding carboxylic acids is 1. The average Bonchev–Trinajstić information content (AvgIpc) is 2.86. The summed E-state index contributed by atoms with van der Waals surface area (Å²) in [7, 11) is 1.82. The highest BCUT2D eigenvalue weighted by Crippen LogP contribution is 2.23. The Balaban J connectivity index is 0.00000200. The highest BCUT2D eigenvalue weighted by atomic mass is 35.5. The lowest BCUT2D eigenvalue weighted by molar-refractivity contribution is -0.130. The third-order valence-corrected chi connectivity index (χ3v) is 4.15. The van der Waals surface area contributed by atoms with E-state index < -0.39 is 0 Å². The lowest BCUT2D eigenvalue weighted by Gasteiger charge is -2.19. The van der Waals surface area contributed by atoms with Crippen molar-refractivity contribution < 1.29 is 4.79 Å². The number of carbonyl (C=O) groups is 1. The number of nitrogens with zero attached hydrogens (tertiary/aromatic N) is 1. The minimum absolute atomic E-state index is 0. The van der Waals surface area contributed by atoms with Crippen molar-refractivity contribution in [3.63, 3.8) is 0 Å². The van der Waals surface area contributed by atoms with Gasteiger partial charge in [-0.15, -0.1) is 12.4 Å². The molecule has 20 heavy (non-hydrogen) atoms. The van der Waals surface area contributed by atoms with Gasteiger partial charge in [-0.3, -0.25) is 4.79 Å². The monoisotopic (exact) mass is 336 g/mol. The highest BCUT2D eigenvalue weighted by molar-refractivity contribution is 6.42. The molecule has 1 amide bonds. The van der Waals surface area contributed by atoms with Crippen LogP contribution in [0.4, 0.5) is 0 Å². The smallest absolute Gasteiger partial charge is 0.224 e. The lowest BCUT2D eigenvalue weighted by atomic mass is 10.1. The molecule has 1 saturated heterocycles. The molecule has 1 aromatic carbocycles. The van der Waals surface area contributed by atoms with E-state index in [1.54, 1.807) is 11.0 Å². The molecule has 6 heteroatoms. The van der Waals surface area contributed by atoms with Gasteiger partial charge in [-0.1, -0.05) is 29.3 Å². The fourth-order valence-electron chi connectivity index (χ4n) is 2.30. The van der Waals surface area contributed by atoms with Crippen LogP contribution in [0.5, 0.6) is 0 Å². The normalized spacial score (nSPS) is 17.6. The molecule has 1 fully saturated rings. The fourth-order valence-corrected chi connectivity index (χ4v) is 2.62. The minimum atomic E-state index is 0. The van der Waals surface area contributed by atoms with Crippen LogP contribution < -0.4 is 5.32 Å². The molecule has 112 valence electrons. The molecular weight excluding hydrogens is 319 g/mol. The standard InChI is InChI=1S/C14H18Cl2N2O.ClH/c1-18(14(19)8-11-3-2-6-17-11)9-10-4-5-12(15)13(16)7-10;/h4-5,7,11,17H,2-3,6,8-9H2,1H3;1H. The number of nitrogens with one attached hydrogen (secondary N) is 1. The van der Waals surface area contributed by atoms with Crippen molar-refractivity contribution in [1.82, 2.24) is 10.2 Å². The number of hydrogen-bond donors (Lipinski definition) is 1. The largest absolute Gasteiger partial charge is 0.341 e. The molecule has 1 aliphatic rings. The van der Waals surface area contributed by atoms with Gasteiger partial charge in [0.25, 0.3) is 0 Å². The van der Waals surface area contributed by atoms with Gasteiger partial charge in [0, 0.05) is 26.1 Å². The summed E-state index contributed by atoms with van der Waals surface area (Å²) in [5.41, 5.74) is 0.990. The highest BCUT2D eigenvalue weighted by Gasteiger charge is 2.19. The molecule has 1 N–H and O–H groups in total. The second kappa shape index (κ2) is 8.08. The van der Waals surface area contributed by atoms with E-state index in [9.17, 15) is 4.79 Å². The van der Waals surface area contributed by atoms with Crippen LogP contribution in [0.25, 0.3) is 0 Å². The van der Waals surface area contributed by atoms with Gasteiger partial charge in [0.05, 0.1) is 10.0 Å². The molecule has 1 unspecified atom stereocenters. The summed E-state index contributed by atoms with van der Waals surface area (Å²) < 4.78 is 0. The zero-order valence-corrected chi connectivity index (χ0v) is 13.7. The van der Waals surface area contributed by atoms with Crippen molar-refractivity contribution in [3.05, 3.63) is 33.8 Å². The summed E-state index contributed by atoms with van der Waals surface area (Å²) in [5, 5.41) is 4.40. The predicted octanol–water partition coefficient (Wildman–Crippen LogP) is 3.52. The van der Waals surface area contributed by atoms with Crippen LogP contribution in [0.1, 0.15) is 24.8 Å². The van der Waals surface area contributed by atoms with E-state index in [4.69, 9.17) is 23.2 Å². The maximum absolute atomic E-state index is 12.1. The Morgan fingerprint density at radius 3 is 2.75 bits per heavy atom. The Hall–Kier alpha value is -0.480. The van der Waals surface area contributed by atoms with Crippen LogP contribution in [-0.4, -0.2) is 30.4 Å². The van der Waals surface area contributed by atoms with E-state index in [0.717, 1.165) is 24.9 Å². The number of rotatable bonds is 4. The maximum Gasteiger partial charge on any atom is 0.224 e. The summed E-state index contributed by atoms with van der Waals surface area (Å²) in [6.07, 6.45) is 2.82. The summed E-state index contributed by atoms with van der Waals surface area (Å²) in [5.74, 6) is 0.158. The summed E-state index contributed by atoms with van der Waals surface area (Å²) in [6, 6.07) is 5.80. The molecule has 0 saturated carbocycles. The molecule has 0 spiro atoms. The molecule has 3 nitrogen and oxygen atoms in total. The first-order chi connectivity index (χ1) is 9.06. The van der Waals surface area contributed by atoms with Gasteiger partial charge in [0.1, 0.15) is 0 Å². The van der Waals surface area contributed by atoms with Gasteiger partial charge < -0.3 is 10.2 Å². The van der Waals surface area contributed by atoms with Gasteiger partial charge in [-0.2, -0.15) is 0 Å². The zero-order chi connectivity index (χ0) is 13.8. The van der Waals surface area contributed by atoms with Gasteiger partial charge >= 0.3 is 0 Å². The topological polar surface area (TPSA) is 32.3 Å². The van der Waals surface area contributed by atoms with Gasteiger partial charge in [-0.25, -0.2) is 0 Å². The van der Waals surface area contributed by atoms with Crippen molar-refractivity contribution in [2.24, 2.45) is 0 Å². The van der Waals surface area contributed by atoms with E-state index in [2.05, 4.69) is 5.32 Å². The van der Waals surface area contributed by atoms with Crippen LogP contribution in [0.3, 0.4) is 0 Å². The van der Waals surface area contributed by atoms with Gasteiger partial charge in [0.15, 0.2) is 0 Å². The maximum atomic E-state index is 12.1. The van der Waals surface area contributed by atoms with E-state index in [0.29, 0.717) is 29.1 Å². The van der Waals surface area contributed by atoms with Crippen LogP contribution in [0.2, 0.25) is 10.0 Å². The number of amides is 1. The molecular formula is C14H19Cl3N2O. The van der Waals surface area contributed by atoms with Crippen molar-refractivity contribution >= 4 is 41.5 Å². The lowest BCUT2D eigenvalue weighted by Crippen LogP contribution is -2.33. The molecule has 1 heterocycles. The number of benzene rings is 1. The Bertz CT molecular complexity index is 462. The molecule has 1 atom stereocenters. The second-order valence-electron chi connectivity index (χ2n) is 5.00.